The van der Waals surface area contributed by atoms with Gasteiger partial charge in [-0.25, -0.2) is 0 Å². The maximum atomic E-state index is 12.4. The lowest BCUT2D eigenvalue weighted by Gasteiger charge is -2.08. The van der Waals surface area contributed by atoms with Gasteiger partial charge >= 0.3 is 0 Å². The minimum Gasteiger partial charge on any atom is -0.322 e. The van der Waals surface area contributed by atoms with Crippen molar-refractivity contribution in [3.05, 3.63) is 101 Å². The molecule has 0 saturated carbocycles. The van der Waals surface area contributed by atoms with Gasteiger partial charge in [0.15, 0.2) is 0 Å². The molecule has 0 unspecified atom stereocenters. The number of hydrogen-bond acceptors (Lipinski definition) is 2. The molecule has 0 saturated heterocycles. The molecular weight excluding hydrogens is 326 g/mol. The van der Waals surface area contributed by atoms with Crippen molar-refractivity contribution in [2.75, 3.05) is 5.32 Å². The van der Waals surface area contributed by atoms with Crippen LogP contribution in [0.3, 0.4) is 0 Å². The van der Waals surface area contributed by atoms with Crippen molar-refractivity contribution in [1.82, 2.24) is 0 Å². The van der Waals surface area contributed by atoms with Gasteiger partial charge in [0, 0.05) is 22.8 Å². The molecule has 25 heavy (non-hydrogen) atoms. The van der Waals surface area contributed by atoms with E-state index in [9.17, 15) is 4.79 Å². The Hall–Kier alpha value is -2.52. The SMILES string of the molecule is Cc1ccccc1NC(=O)c1ccc(CSCc2ccccc2)cc1. The van der Waals surface area contributed by atoms with E-state index in [4.69, 9.17) is 0 Å². The van der Waals surface area contributed by atoms with Crippen LogP contribution < -0.4 is 5.32 Å². The first-order valence-electron chi connectivity index (χ1n) is 8.30. The summed E-state index contributed by atoms with van der Waals surface area (Å²) in [5.74, 6) is 1.86. The quantitative estimate of drug-likeness (QED) is 0.621. The lowest BCUT2D eigenvalue weighted by atomic mass is 10.1. The summed E-state index contributed by atoms with van der Waals surface area (Å²) >= 11 is 1.88. The van der Waals surface area contributed by atoms with Gasteiger partial charge in [-0.15, -0.1) is 0 Å². The summed E-state index contributed by atoms with van der Waals surface area (Å²) in [6, 6.07) is 26.1. The van der Waals surface area contributed by atoms with Crippen LogP contribution in [0.4, 0.5) is 5.69 Å². The van der Waals surface area contributed by atoms with Crippen LogP contribution in [0.2, 0.25) is 0 Å². The number of thioether (sulfide) groups is 1. The number of nitrogens with one attached hydrogen (secondary N) is 1. The molecule has 0 aliphatic rings. The highest BCUT2D eigenvalue weighted by Crippen LogP contribution is 2.19. The summed E-state index contributed by atoms with van der Waals surface area (Å²) < 4.78 is 0. The van der Waals surface area contributed by atoms with Crippen molar-refractivity contribution in [3.63, 3.8) is 0 Å². The molecule has 1 amide bonds. The Labute approximate surface area is 153 Å². The van der Waals surface area contributed by atoms with E-state index in [1.165, 1.54) is 11.1 Å². The molecular formula is C22H21NOS. The molecule has 3 aromatic carbocycles. The number of para-hydroxylation sites is 1. The summed E-state index contributed by atoms with van der Waals surface area (Å²) in [5.41, 5.74) is 5.16. The Balaban J connectivity index is 1.54. The van der Waals surface area contributed by atoms with Gasteiger partial charge in [0.1, 0.15) is 0 Å². The summed E-state index contributed by atoms with van der Waals surface area (Å²) in [6.07, 6.45) is 0. The van der Waals surface area contributed by atoms with Gasteiger partial charge in [-0.05, 0) is 41.8 Å². The van der Waals surface area contributed by atoms with Crippen LogP contribution in [0.5, 0.6) is 0 Å². The van der Waals surface area contributed by atoms with Crippen LogP contribution >= 0.6 is 11.8 Å². The molecule has 0 radical (unpaired) electrons. The van der Waals surface area contributed by atoms with E-state index >= 15 is 0 Å². The predicted molar refractivity (Wildman–Crippen MR) is 107 cm³/mol. The molecule has 2 nitrogen and oxygen atoms in total. The van der Waals surface area contributed by atoms with Crippen molar-refractivity contribution in [2.45, 2.75) is 18.4 Å². The molecule has 0 heterocycles. The maximum Gasteiger partial charge on any atom is 0.255 e. The average molecular weight is 347 g/mol. The molecule has 1 N–H and O–H groups in total. The maximum absolute atomic E-state index is 12.4. The number of amides is 1. The molecule has 126 valence electrons. The molecule has 3 heteroatoms. The lowest BCUT2D eigenvalue weighted by molar-refractivity contribution is 0.102. The van der Waals surface area contributed by atoms with Crippen molar-refractivity contribution in [3.8, 4) is 0 Å². The predicted octanol–water partition coefficient (Wildman–Crippen LogP) is 5.68. The van der Waals surface area contributed by atoms with Crippen LogP contribution in [0, 0.1) is 6.92 Å². The first-order chi connectivity index (χ1) is 12.2. The monoisotopic (exact) mass is 347 g/mol. The summed E-state index contributed by atoms with van der Waals surface area (Å²) in [7, 11) is 0. The average Bonchev–Trinajstić information content (AvgIpc) is 2.65. The zero-order valence-corrected chi connectivity index (χ0v) is 15.1. The third kappa shape index (κ3) is 4.97. The second kappa shape index (κ2) is 8.54. The van der Waals surface area contributed by atoms with Gasteiger partial charge in [0.25, 0.3) is 5.91 Å². The van der Waals surface area contributed by atoms with E-state index in [1.807, 2.05) is 73.3 Å². The van der Waals surface area contributed by atoms with Gasteiger partial charge in [-0.2, -0.15) is 11.8 Å². The molecule has 0 aliphatic heterocycles. The van der Waals surface area contributed by atoms with Gasteiger partial charge in [-0.3, -0.25) is 4.79 Å². The van der Waals surface area contributed by atoms with Crippen molar-refractivity contribution >= 4 is 23.4 Å². The van der Waals surface area contributed by atoms with E-state index in [1.54, 1.807) is 0 Å². The topological polar surface area (TPSA) is 29.1 Å². The van der Waals surface area contributed by atoms with Crippen molar-refractivity contribution in [2.24, 2.45) is 0 Å². The molecule has 0 atom stereocenters. The third-order valence-electron chi connectivity index (χ3n) is 3.99. The number of anilines is 1. The lowest BCUT2D eigenvalue weighted by Crippen LogP contribution is -2.12. The van der Waals surface area contributed by atoms with Gasteiger partial charge in [0.2, 0.25) is 0 Å². The Bertz CT molecular complexity index is 828. The van der Waals surface area contributed by atoms with Crippen LogP contribution in [-0.4, -0.2) is 5.91 Å². The highest BCUT2D eigenvalue weighted by molar-refractivity contribution is 7.97. The van der Waals surface area contributed by atoms with Crippen LogP contribution in [-0.2, 0) is 11.5 Å². The van der Waals surface area contributed by atoms with Crippen LogP contribution in [0.15, 0.2) is 78.9 Å². The molecule has 3 rings (SSSR count). The number of carbonyl (C=O) groups excluding carboxylic acids is 1. The van der Waals surface area contributed by atoms with Crippen LogP contribution in [0.1, 0.15) is 27.0 Å². The smallest absolute Gasteiger partial charge is 0.255 e. The first kappa shape index (κ1) is 17.3. The standard InChI is InChI=1S/C22H21NOS/c1-17-7-5-6-10-21(17)23-22(24)20-13-11-19(12-14-20)16-25-15-18-8-3-2-4-9-18/h2-14H,15-16H2,1H3,(H,23,24). The number of hydrogen-bond donors (Lipinski definition) is 1. The summed E-state index contributed by atoms with van der Waals surface area (Å²) in [4.78, 5) is 12.4. The van der Waals surface area contributed by atoms with E-state index in [-0.39, 0.29) is 5.91 Å². The largest absolute Gasteiger partial charge is 0.322 e. The fraction of sp³-hybridized carbons (Fsp3) is 0.136. The minimum atomic E-state index is -0.0715. The number of aryl methyl sites for hydroxylation is 1. The number of carbonyl (C=O) groups is 1. The Morgan fingerprint density at radius 3 is 2.08 bits per heavy atom. The first-order valence-corrected chi connectivity index (χ1v) is 9.45. The molecule has 0 spiro atoms. The molecule has 3 aromatic rings. The highest BCUT2D eigenvalue weighted by atomic mass is 32.2. The Morgan fingerprint density at radius 1 is 0.800 bits per heavy atom. The third-order valence-corrected chi connectivity index (χ3v) is 5.06. The second-order valence-corrected chi connectivity index (χ2v) is 6.93. The normalized spacial score (nSPS) is 10.4. The second-order valence-electron chi connectivity index (χ2n) is 5.94. The summed E-state index contributed by atoms with van der Waals surface area (Å²) in [5, 5.41) is 2.97. The fourth-order valence-electron chi connectivity index (χ4n) is 2.52. The molecule has 0 bridgehead atoms. The number of benzene rings is 3. The Kier molecular flexibility index (Phi) is 5.91. The Morgan fingerprint density at radius 2 is 1.40 bits per heavy atom. The van der Waals surface area contributed by atoms with Crippen molar-refractivity contribution < 1.29 is 4.79 Å². The fourth-order valence-corrected chi connectivity index (χ4v) is 3.48. The number of rotatable bonds is 6. The van der Waals surface area contributed by atoms with Crippen molar-refractivity contribution in [1.29, 1.82) is 0 Å². The minimum absolute atomic E-state index is 0.0715. The molecule has 0 aromatic heterocycles. The van der Waals surface area contributed by atoms with Crippen LogP contribution in [0.25, 0.3) is 0 Å². The van der Waals surface area contributed by atoms with E-state index in [0.717, 1.165) is 22.8 Å². The molecule has 0 fully saturated rings. The highest BCUT2D eigenvalue weighted by Gasteiger charge is 2.07. The molecule has 0 aliphatic carbocycles. The summed E-state index contributed by atoms with van der Waals surface area (Å²) in [6.45, 7) is 1.99. The van der Waals surface area contributed by atoms with E-state index in [2.05, 4.69) is 29.6 Å². The van der Waals surface area contributed by atoms with E-state index in [0.29, 0.717) is 5.56 Å². The van der Waals surface area contributed by atoms with E-state index < -0.39 is 0 Å². The van der Waals surface area contributed by atoms with Gasteiger partial charge in [-0.1, -0.05) is 60.7 Å². The van der Waals surface area contributed by atoms with Gasteiger partial charge in [0.05, 0.1) is 0 Å². The van der Waals surface area contributed by atoms with Gasteiger partial charge < -0.3 is 5.32 Å². The zero-order chi connectivity index (χ0) is 17.5. The zero-order valence-electron chi connectivity index (χ0n) is 14.2.